The van der Waals surface area contributed by atoms with E-state index < -0.39 is 9.73 Å². The Morgan fingerprint density at radius 3 is 2.46 bits per heavy atom. The average molecular weight is 349 g/mol. The number of rotatable bonds is 3. The minimum absolute atomic E-state index is 0.133. The topological polar surface area (TPSA) is 61.2 Å². The SMILES string of the molecule is CC(C)(CC(=O)N1CCCC12CCS(=N)(=O)CC2)c1ccccc1. The van der Waals surface area contributed by atoms with E-state index in [0.717, 1.165) is 32.2 Å². The summed E-state index contributed by atoms with van der Waals surface area (Å²) < 4.78 is 19.8. The van der Waals surface area contributed by atoms with Crippen LogP contribution in [0.2, 0.25) is 0 Å². The third-order valence-corrected chi connectivity index (χ3v) is 7.57. The Bertz CT molecular complexity index is 696. The van der Waals surface area contributed by atoms with Crippen molar-refractivity contribution in [3.63, 3.8) is 0 Å². The van der Waals surface area contributed by atoms with Crippen molar-refractivity contribution in [1.29, 1.82) is 4.78 Å². The standard InChI is InChI=1S/C19H28N2O2S/c1-18(2,16-7-4-3-5-8-16)15-17(22)21-12-6-9-19(21)10-13-24(20,23)14-11-19/h3-5,7-8,20H,6,9-15H2,1-2H3. The van der Waals surface area contributed by atoms with Gasteiger partial charge in [0.2, 0.25) is 5.91 Å². The van der Waals surface area contributed by atoms with Crippen molar-refractivity contribution < 1.29 is 9.00 Å². The maximum absolute atomic E-state index is 13.1. The molecule has 0 aliphatic carbocycles. The highest BCUT2D eigenvalue weighted by molar-refractivity contribution is 7.92. The average Bonchev–Trinajstić information content (AvgIpc) is 2.95. The van der Waals surface area contributed by atoms with Crippen LogP contribution in [-0.2, 0) is 19.9 Å². The summed E-state index contributed by atoms with van der Waals surface area (Å²) in [6.07, 6.45) is 3.98. The molecule has 24 heavy (non-hydrogen) atoms. The Kier molecular flexibility index (Phi) is 4.49. The largest absolute Gasteiger partial charge is 0.337 e. The highest BCUT2D eigenvalue weighted by Gasteiger charge is 2.46. The predicted octanol–water partition coefficient (Wildman–Crippen LogP) is 3.56. The Labute approximate surface area is 145 Å². The minimum Gasteiger partial charge on any atom is -0.337 e. The summed E-state index contributed by atoms with van der Waals surface area (Å²) in [5.74, 6) is 1.09. The zero-order valence-electron chi connectivity index (χ0n) is 14.7. The molecule has 0 radical (unpaired) electrons. The van der Waals surface area contributed by atoms with E-state index in [4.69, 9.17) is 4.78 Å². The van der Waals surface area contributed by atoms with Gasteiger partial charge in [0.25, 0.3) is 0 Å². The highest BCUT2D eigenvalue weighted by Crippen LogP contribution is 2.41. The number of carbonyl (C=O) groups excluding carboxylic acids is 1. The van der Waals surface area contributed by atoms with E-state index >= 15 is 0 Å². The molecule has 3 rings (SSSR count). The van der Waals surface area contributed by atoms with Crippen LogP contribution in [0.5, 0.6) is 0 Å². The lowest BCUT2D eigenvalue weighted by Crippen LogP contribution is -2.52. The fourth-order valence-corrected chi connectivity index (χ4v) is 5.87. The summed E-state index contributed by atoms with van der Waals surface area (Å²) in [7, 11) is -2.41. The second kappa shape index (κ2) is 6.17. The van der Waals surface area contributed by atoms with Crippen LogP contribution in [0.4, 0.5) is 0 Å². The first-order chi connectivity index (χ1) is 11.2. The number of likely N-dealkylation sites (tertiary alicyclic amines) is 1. The maximum atomic E-state index is 13.1. The van der Waals surface area contributed by atoms with Crippen LogP contribution in [0.15, 0.2) is 30.3 Å². The van der Waals surface area contributed by atoms with Gasteiger partial charge in [-0.3, -0.25) is 9.57 Å². The van der Waals surface area contributed by atoms with Crippen molar-refractivity contribution in [2.45, 2.75) is 56.9 Å². The lowest BCUT2D eigenvalue weighted by atomic mass is 9.80. The second-order valence-corrected chi connectivity index (χ2v) is 10.5. The number of nitrogens with zero attached hydrogens (tertiary/aromatic N) is 1. The van der Waals surface area contributed by atoms with Crippen molar-refractivity contribution >= 4 is 15.6 Å². The lowest BCUT2D eigenvalue weighted by molar-refractivity contribution is -0.136. The second-order valence-electron chi connectivity index (χ2n) is 8.02. The maximum Gasteiger partial charge on any atom is 0.223 e. The van der Waals surface area contributed by atoms with E-state index in [1.165, 1.54) is 5.56 Å². The zero-order chi connectivity index (χ0) is 17.4. The number of hydrogen-bond acceptors (Lipinski definition) is 3. The molecule has 1 aromatic carbocycles. The van der Waals surface area contributed by atoms with Gasteiger partial charge in [0.05, 0.1) is 0 Å². The quantitative estimate of drug-likeness (QED) is 0.908. The third kappa shape index (κ3) is 3.37. The van der Waals surface area contributed by atoms with E-state index in [1.807, 2.05) is 18.2 Å². The molecule has 1 spiro atoms. The number of carbonyl (C=O) groups is 1. The highest BCUT2D eigenvalue weighted by atomic mass is 32.2. The molecule has 1 aromatic rings. The molecule has 132 valence electrons. The fourth-order valence-electron chi connectivity index (χ4n) is 4.25. The van der Waals surface area contributed by atoms with Crippen LogP contribution in [0.3, 0.4) is 0 Å². The molecule has 2 saturated heterocycles. The van der Waals surface area contributed by atoms with Gasteiger partial charge >= 0.3 is 0 Å². The molecule has 2 heterocycles. The van der Waals surface area contributed by atoms with E-state index in [1.54, 1.807) is 0 Å². The van der Waals surface area contributed by atoms with Gasteiger partial charge in [-0.1, -0.05) is 44.2 Å². The van der Waals surface area contributed by atoms with Gasteiger partial charge in [0.1, 0.15) is 0 Å². The molecule has 5 heteroatoms. The molecule has 0 atom stereocenters. The van der Waals surface area contributed by atoms with Crippen molar-refractivity contribution in [2.24, 2.45) is 0 Å². The summed E-state index contributed by atoms with van der Waals surface area (Å²) in [6, 6.07) is 10.2. The Balaban J connectivity index is 1.75. The number of benzene rings is 1. The van der Waals surface area contributed by atoms with Gasteiger partial charge in [0.15, 0.2) is 0 Å². The van der Waals surface area contributed by atoms with E-state index in [0.29, 0.717) is 17.9 Å². The first-order valence-electron chi connectivity index (χ1n) is 8.84. The van der Waals surface area contributed by atoms with Crippen molar-refractivity contribution in [3.8, 4) is 0 Å². The van der Waals surface area contributed by atoms with Crippen LogP contribution in [0, 0.1) is 4.78 Å². The third-order valence-electron chi connectivity index (χ3n) is 5.84. The van der Waals surface area contributed by atoms with Crippen molar-refractivity contribution in [3.05, 3.63) is 35.9 Å². The molecule has 2 aliphatic rings. The van der Waals surface area contributed by atoms with E-state index in [2.05, 4.69) is 30.9 Å². The Morgan fingerprint density at radius 1 is 1.21 bits per heavy atom. The van der Waals surface area contributed by atoms with Gasteiger partial charge < -0.3 is 4.90 Å². The molecule has 4 nitrogen and oxygen atoms in total. The number of amides is 1. The summed E-state index contributed by atoms with van der Waals surface area (Å²) in [5, 5.41) is 0. The van der Waals surface area contributed by atoms with Crippen LogP contribution in [-0.4, -0.2) is 38.6 Å². The van der Waals surface area contributed by atoms with Gasteiger partial charge in [-0.2, -0.15) is 0 Å². The Morgan fingerprint density at radius 2 is 1.83 bits per heavy atom. The molecule has 1 N–H and O–H groups in total. The first kappa shape index (κ1) is 17.5. The minimum atomic E-state index is -2.41. The molecule has 2 fully saturated rings. The molecule has 0 unspecified atom stereocenters. The normalized spacial score (nSPS) is 30.7. The van der Waals surface area contributed by atoms with Gasteiger partial charge in [-0.15, -0.1) is 0 Å². The molecule has 0 bridgehead atoms. The number of hydrogen-bond donors (Lipinski definition) is 1. The summed E-state index contributed by atoms with van der Waals surface area (Å²) in [6.45, 7) is 5.06. The van der Waals surface area contributed by atoms with Crippen LogP contribution in [0.1, 0.15) is 51.5 Å². The molecular formula is C19H28N2O2S. The van der Waals surface area contributed by atoms with Gasteiger partial charge in [-0.25, -0.2) is 4.21 Å². The van der Waals surface area contributed by atoms with Crippen LogP contribution >= 0.6 is 0 Å². The van der Waals surface area contributed by atoms with Crippen molar-refractivity contribution in [1.82, 2.24) is 4.90 Å². The molecule has 0 saturated carbocycles. The molecule has 0 aromatic heterocycles. The molecule has 1 amide bonds. The first-order valence-corrected chi connectivity index (χ1v) is 10.7. The lowest BCUT2D eigenvalue weighted by Gasteiger charge is -2.43. The summed E-state index contributed by atoms with van der Waals surface area (Å²) >= 11 is 0. The summed E-state index contributed by atoms with van der Waals surface area (Å²) in [4.78, 5) is 15.1. The summed E-state index contributed by atoms with van der Waals surface area (Å²) in [5.41, 5.74) is 0.857. The van der Waals surface area contributed by atoms with E-state index in [-0.39, 0.29) is 16.9 Å². The van der Waals surface area contributed by atoms with Crippen LogP contribution < -0.4 is 0 Å². The van der Waals surface area contributed by atoms with Gasteiger partial charge in [0, 0.05) is 39.7 Å². The Hall–Kier alpha value is -1.36. The van der Waals surface area contributed by atoms with Crippen LogP contribution in [0.25, 0.3) is 0 Å². The van der Waals surface area contributed by atoms with E-state index in [9.17, 15) is 9.00 Å². The predicted molar refractivity (Wildman–Crippen MR) is 97.6 cm³/mol. The van der Waals surface area contributed by atoms with Crippen molar-refractivity contribution in [2.75, 3.05) is 18.1 Å². The fraction of sp³-hybridized carbons (Fsp3) is 0.632. The monoisotopic (exact) mass is 348 g/mol. The number of nitrogens with one attached hydrogen (secondary N) is 1. The smallest absolute Gasteiger partial charge is 0.223 e. The molecule has 2 aliphatic heterocycles. The molecular weight excluding hydrogens is 320 g/mol. The zero-order valence-corrected chi connectivity index (χ0v) is 15.5. The van der Waals surface area contributed by atoms with Gasteiger partial charge in [-0.05, 0) is 36.7 Å².